The standard InChI is InChI=1S/C23H42O7S.Na/c1-3-5-7-8-9-10-11-12-13-14-15-16-17-19-29-22(24)20-21(31(26,27)28)23(25)30-18-6-4-2;/h4,6,21H,3,5,7-20H2,1-2H3,(H,26,27,28);/q;+1/p-1/b6-4+;. The number of hydrogen-bond acceptors (Lipinski definition) is 7. The topological polar surface area (TPSA) is 110 Å². The second-order valence-corrected chi connectivity index (χ2v) is 9.40. The Morgan fingerprint density at radius 1 is 0.844 bits per heavy atom. The van der Waals surface area contributed by atoms with Crippen molar-refractivity contribution in [2.45, 2.75) is 109 Å². The molecule has 0 aromatic heterocycles. The quantitative estimate of drug-likeness (QED) is 0.0855. The molecule has 0 aliphatic carbocycles. The van der Waals surface area contributed by atoms with Gasteiger partial charge in [0, 0.05) is 0 Å². The van der Waals surface area contributed by atoms with Crippen molar-refractivity contribution >= 4 is 22.1 Å². The molecule has 0 aliphatic heterocycles. The number of ether oxygens (including phenoxy) is 2. The molecule has 9 heteroatoms. The van der Waals surface area contributed by atoms with Crippen LogP contribution in [0.25, 0.3) is 0 Å². The van der Waals surface area contributed by atoms with E-state index >= 15 is 0 Å². The van der Waals surface area contributed by atoms with Gasteiger partial charge in [-0.3, -0.25) is 9.59 Å². The maximum absolute atomic E-state index is 11.8. The zero-order valence-corrected chi connectivity index (χ0v) is 23.1. The summed E-state index contributed by atoms with van der Waals surface area (Å²) in [7, 11) is -5.00. The van der Waals surface area contributed by atoms with Gasteiger partial charge in [0.25, 0.3) is 0 Å². The Hall–Kier alpha value is -0.410. The van der Waals surface area contributed by atoms with Crippen molar-refractivity contribution in [2.75, 3.05) is 13.2 Å². The van der Waals surface area contributed by atoms with Crippen molar-refractivity contribution < 1.29 is 61.6 Å². The van der Waals surface area contributed by atoms with Crippen molar-refractivity contribution in [3.63, 3.8) is 0 Å². The molecule has 32 heavy (non-hydrogen) atoms. The van der Waals surface area contributed by atoms with E-state index in [0.29, 0.717) is 6.42 Å². The first-order valence-electron chi connectivity index (χ1n) is 11.7. The van der Waals surface area contributed by atoms with Crippen molar-refractivity contribution in [1.82, 2.24) is 0 Å². The van der Waals surface area contributed by atoms with Crippen LogP contribution in [-0.4, -0.2) is 43.4 Å². The normalized spacial score (nSPS) is 12.3. The Balaban J connectivity index is 0. The Labute approximate surface area is 217 Å². The third-order valence-corrected chi connectivity index (χ3v) is 6.09. The molecule has 0 heterocycles. The van der Waals surface area contributed by atoms with E-state index in [1.165, 1.54) is 63.9 Å². The molecule has 182 valence electrons. The maximum Gasteiger partial charge on any atom is 1.00 e. The fourth-order valence-electron chi connectivity index (χ4n) is 3.14. The summed E-state index contributed by atoms with van der Waals surface area (Å²) < 4.78 is 43.4. The van der Waals surface area contributed by atoms with E-state index in [0.717, 1.165) is 19.3 Å². The van der Waals surface area contributed by atoms with Crippen LogP contribution in [0.5, 0.6) is 0 Å². The number of rotatable bonds is 20. The van der Waals surface area contributed by atoms with Gasteiger partial charge in [-0.1, -0.05) is 96.1 Å². The van der Waals surface area contributed by atoms with E-state index in [-0.39, 0.29) is 42.8 Å². The predicted molar refractivity (Wildman–Crippen MR) is 121 cm³/mol. The van der Waals surface area contributed by atoms with E-state index in [9.17, 15) is 22.6 Å². The second kappa shape index (κ2) is 22.4. The molecule has 0 N–H and O–H groups in total. The molecule has 1 unspecified atom stereocenters. The van der Waals surface area contributed by atoms with Crippen molar-refractivity contribution in [3.05, 3.63) is 12.2 Å². The van der Waals surface area contributed by atoms with Gasteiger partial charge in [0.05, 0.1) is 13.0 Å². The molecule has 0 bridgehead atoms. The minimum absolute atomic E-state index is 0. The molecule has 0 saturated heterocycles. The van der Waals surface area contributed by atoms with E-state index in [2.05, 4.69) is 11.7 Å². The van der Waals surface area contributed by atoms with E-state index < -0.39 is 33.7 Å². The van der Waals surface area contributed by atoms with Crippen LogP contribution in [0.1, 0.15) is 104 Å². The van der Waals surface area contributed by atoms with Gasteiger partial charge in [-0.15, -0.1) is 0 Å². The van der Waals surface area contributed by atoms with Gasteiger partial charge in [-0.25, -0.2) is 8.42 Å². The van der Waals surface area contributed by atoms with Gasteiger partial charge >= 0.3 is 41.5 Å². The van der Waals surface area contributed by atoms with Crippen LogP contribution in [0.2, 0.25) is 0 Å². The van der Waals surface area contributed by atoms with Crippen LogP contribution in [0.15, 0.2) is 12.2 Å². The largest absolute Gasteiger partial charge is 1.00 e. The predicted octanol–water partition coefficient (Wildman–Crippen LogP) is 2.05. The molecular weight excluding hydrogens is 443 g/mol. The zero-order chi connectivity index (χ0) is 23.4. The molecule has 0 fully saturated rings. The maximum atomic E-state index is 11.8. The number of allylic oxidation sites excluding steroid dienone is 1. The SMILES string of the molecule is C/C=C/COC(=O)C(CC(=O)OCCCCCCCCCCCCCCC)S(=O)(=O)[O-].[Na+]. The third kappa shape index (κ3) is 20.2. The summed E-state index contributed by atoms with van der Waals surface area (Å²) in [4.78, 5) is 23.6. The molecular formula is C23H41NaO7S. The second-order valence-electron chi connectivity index (χ2n) is 7.85. The average molecular weight is 485 g/mol. The molecule has 0 rings (SSSR count). The van der Waals surface area contributed by atoms with Crippen molar-refractivity contribution in [2.24, 2.45) is 0 Å². The molecule has 0 saturated carbocycles. The Morgan fingerprint density at radius 2 is 1.31 bits per heavy atom. The van der Waals surface area contributed by atoms with Crippen LogP contribution in [-0.2, 0) is 29.2 Å². The van der Waals surface area contributed by atoms with Gasteiger partial charge < -0.3 is 14.0 Å². The van der Waals surface area contributed by atoms with Crippen LogP contribution < -0.4 is 29.6 Å². The third-order valence-electron chi connectivity index (χ3n) is 5.03. The Bertz CT molecular complexity index is 605. The minimum atomic E-state index is -5.00. The number of hydrogen-bond donors (Lipinski definition) is 0. The first-order valence-corrected chi connectivity index (χ1v) is 13.2. The van der Waals surface area contributed by atoms with Gasteiger partial charge in [0.1, 0.15) is 16.7 Å². The van der Waals surface area contributed by atoms with Crippen LogP contribution in [0.4, 0.5) is 0 Å². The molecule has 0 amide bonds. The summed E-state index contributed by atoms with van der Waals surface area (Å²) >= 11 is 0. The molecule has 0 aromatic rings. The number of carbonyl (C=O) groups is 2. The van der Waals surface area contributed by atoms with Gasteiger partial charge in [-0.05, 0) is 13.3 Å². The summed E-state index contributed by atoms with van der Waals surface area (Å²) in [6.45, 7) is 3.92. The Morgan fingerprint density at radius 3 is 1.75 bits per heavy atom. The summed E-state index contributed by atoms with van der Waals surface area (Å²) in [5.41, 5.74) is 0. The van der Waals surface area contributed by atoms with Gasteiger partial charge in [-0.2, -0.15) is 0 Å². The summed E-state index contributed by atoms with van der Waals surface area (Å²) in [6.07, 6.45) is 17.8. The number of carbonyl (C=O) groups excluding carboxylic acids is 2. The van der Waals surface area contributed by atoms with Crippen molar-refractivity contribution in [1.29, 1.82) is 0 Å². The average Bonchev–Trinajstić information content (AvgIpc) is 2.71. The van der Waals surface area contributed by atoms with Gasteiger partial charge in [0.15, 0.2) is 5.25 Å². The van der Waals surface area contributed by atoms with E-state index in [1.807, 2.05) is 0 Å². The smallest absolute Gasteiger partial charge is 0.747 e. The molecule has 7 nitrogen and oxygen atoms in total. The van der Waals surface area contributed by atoms with E-state index in [4.69, 9.17) is 4.74 Å². The number of unbranched alkanes of at least 4 members (excludes halogenated alkanes) is 12. The van der Waals surface area contributed by atoms with E-state index in [1.54, 1.807) is 13.0 Å². The fourth-order valence-corrected chi connectivity index (χ4v) is 3.78. The molecule has 1 atom stereocenters. The first kappa shape index (κ1) is 33.8. The molecule has 0 spiro atoms. The summed E-state index contributed by atoms with van der Waals surface area (Å²) in [6, 6.07) is 0. The van der Waals surface area contributed by atoms with Crippen LogP contribution in [0, 0.1) is 0 Å². The molecule has 0 aromatic carbocycles. The number of esters is 2. The van der Waals surface area contributed by atoms with Crippen LogP contribution in [0.3, 0.4) is 0 Å². The first-order chi connectivity index (χ1) is 14.8. The zero-order valence-electron chi connectivity index (χ0n) is 20.3. The molecule has 0 radical (unpaired) electrons. The van der Waals surface area contributed by atoms with Crippen molar-refractivity contribution in [3.8, 4) is 0 Å². The fraction of sp³-hybridized carbons (Fsp3) is 0.826. The summed E-state index contributed by atoms with van der Waals surface area (Å²) in [5.74, 6) is -2.11. The summed E-state index contributed by atoms with van der Waals surface area (Å²) in [5, 5.41) is -2.07. The van der Waals surface area contributed by atoms with Gasteiger partial charge in [0.2, 0.25) is 0 Å². The Kier molecular flexibility index (Phi) is 23.6. The van der Waals surface area contributed by atoms with Crippen LogP contribution >= 0.6 is 0 Å². The minimum Gasteiger partial charge on any atom is -0.747 e. The monoisotopic (exact) mass is 484 g/mol. The molecule has 0 aliphatic rings.